The summed E-state index contributed by atoms with van der Waals surface area (Å²) in [6.45, 7) is 5.03. The van der Waals surface area contributed by atoms with Crippen molar-refractivity contribution in [3.05, 3.63) is 37.9 Å². The Morgan fingerprint density at radius 1 is 1.26 bits per heavy atom. The van der Waals surface area contributed by atoms with Crippen LogP contribution in [0.2, 0.25) is 0 Å². The maximum absolute atomic E-state index is 12.3. The first kappa shape index (κ1) is 20.0. The quantitative estimate of drug-likeness (QED) is 0.410. The summed E-state index contributed by atoms with van der Waals surface area (Å²) < 4.78 is 9.93. The fourth-order valence-corrected chi connectivity index (χ4v) is 3.21. The van der Waals surface area contributed by atoms with Crippen LogP contribution >= 0.6 is 11.3 Å². The van der Waals surface area contributed by atoms with Crippen LogP contribution in [0.5, 0.6) is 0 Å². The van der Waals surface area contributed by atoms with E-state index in [0.29, 0.717) is 5.56 Å². The molecule has 144 valence electrons. The highest BCUT2D eigenvalue weighted by Gasteiger charge is 2.28. The highest BCUT2D eigenvalue weighted by Crippen LogP contribution is 2.34. The highest BCUT2D eigenvalue weighted by molar-refractivity contribution is 7.18. The number of esters is 2. The lowest BCUT2D eigenvalue weighted by Gasteiger charge is -2.05. The monoisotopic (exact) mass is 396 g/mol. The van der Waals surface area contributed by atoms with Gasteiger partial charge in [-0.2, -0.15) is 0 Å². The summed E-state index contributed by atoms with van der Waals surface area (Å²) in [6.07, 6.45) is 0. The van der Waals surface area contributed by atoms with Gasteiger partial charge in [0.1, 0.15) is 9.88 Å². The average Bonchev–Trinajstić information content (AvgIpc) is 3.20. The van der Waals surface area contributed by atoms with E-state index in [2.05, 4.69) is 15.5 Å². The van der Waals surface area contributed by atoms with Crippen molar-refractivity contribution in [2.45, 2.75) is 20.8 Å². The molecule has 0 aromatic carbocycles. The van der Waals surface area contributed by atoms with Gasteiger partial charge in [-0.05, 0) is 31.3 Å². The number of aromatic nitrogens is 2. The molecule has 27 heavy (non-hydrogen) atoms. The number of thiophene rings is 1. The largest absolute Gasteiger partial charge is 0.462 e. The van der Waals surface area contributed by atoms with E-state index in [1.807, 2.05) is 0 Å². The normalized spacial score (nSPS) is 10.3. The summed E-state index contributed by atoms with van der Waals surface area (Å²) in [5.41, 5.74) is 0.0729. The smallest absolute Gasteiger partial charge is 0.348 e. The van der Waals surface area contributed by atoms with Crippen LogP contribution in [0.1, 0.15) is 49.9 Å². The molecule has 2 heterocycles. The number of hydrogen-bond acceptors (Lipinski definition) is 9. The molecule has 0 spiro atoms. The maximum Gasteiger partial charge on any atom is 0.348 e. The summed E-state index contributed by atoms with van der Waals surface area (Å²) in [7, 11) is 0. The van der Waals surface area contributed by atoms with Crippen molar-refractivity contribution in [3.8, 4) is 0 Å². The molecule has 2 aromatic rings. The summed E-state index contributed by atoms with van der Waals surface area (Å²) in [5.74, 6) is -2.60. The van der Waals surface area contributed by atoms with Gasteiger partial charge in [0.15, 0.2) is 5.69 Å². The zero-order valence-corrected chi connectivity index (χ0v) is 15.5. The number of carbonyl (C=O) groups is 3. The number of hydrogen-bond donors (Lipinski definition) is 2. The third-order valence-electron chi connectivity index (χ3n) is 3.31. The topological polar surface area (TPSA) is 154 Å². The number of nitrogens with zero attached hydrogens (tertiary/aromatic N) is 2. The Balaban J connectivity index is 2.39. The number of nitro groups is 1. The van der Waals surface area contributed by atoms with Crippen molar-refractivity contribution >= 4 is 40.0 Å². The molecule has 0 unspecified atom stereocenters. The number of carbonyl (C=O) groups excluding carboxylic acids is 3. The second-order valence-corrected chi connectivity index (χ2v) is 6.07. The first-order valence-electron chi connectivity index (χ1n) is 7.78. The number of amides is 1. The molecule has 0 saturated heterocycles. The van der Waals surface area contributed by atoms with E-state index in [-0.39, 0.29) is 34.3 Å². The van der Waals surface area contributed by atoms with E-state index in [9.17, 15) is 24.5 Å². The van der Waals surface area contributed by atoms with Gasteiger partial charge in [-0.1, -0.05) is 5.10 Å². The second kappa shape index (κ2) is 8.40. The molecular formula is C15H16N4O7S. The molecule has 2 aromatic heterocycles. The summed E-state index contributed by atoms with van der Waals surface area (Å²) in [5, 5.41) is 18.9. The number of ether oxygens (including phenoxy) is 2. The molecule has 0 aliphatic heterocycles. The Morgan fingerprint density at radius 3 is 2.44 bits per heavy atom. The van der Waals surface area contributed by atoms with Crippen LogP contribution in [0, 0.1) is 17.0 Å². The van der Waals surface area contributed by atoms with Crippen molar-refractivity contribution in [3.63, 3.8) is 0 Å². The van der Waals surface area contributed by atoms with Crippen molar-refractivity contribution < 1.29 is 28.8 Å². The first-order valence-corrected chi connectivity index (χ1v) is 8.60. The van der Waals surface area contributed by atoms with Crippen molar-refractivity contribution in [1.29, 1.82) is 0 Å². The molecule has 0 fully saturated rings. The van der Waals surface area contributed by atoms with Gasteiger partial charge >= 0.3 is 17.8 Å². The van der Waals surface area contributed by atoms with Gasteiger partial charge in [-0.15, -0.1) is 16.4 Å². The minimum absolute atomic E-state index is 0.0169. The van der Waals surface area contributed by atoms with Crippen LogP contribution in [-0.2, 0) is 9.47 Å². The van der Waals surface area contributed by atoms with E-state index < -0.39 is 28.6 Å². The highest BCUT2D eigenvalue weighted by atomic mass is 32.1. The van der Waals surface area contributed by atoms with E-state index in [1.165, 1.54) is 6.92 Å². The third-order valence-corrected chi connectivity index (χ3v) is 4.50. The van der Waals surface area contributed by atoms with E-state index in [1.54, 1.807) is 13.8 Å². The number of nitrogens with one attached hydrogen (secondary N) is 2. The predicted octanol–water partition coefficient (Wildman–Crippen LogP) is 2.29. The molecule has 12 heteroatoms. The van der Waals surface area contributed by atoms with Crippen LogP contribution in [-0.4, -0.2) is 46.2 Å². The number of rotatable bonds is 7. The molecule has 11 nitrogen and oxygen atoms in total. The molecule has 0 radical (unpaired) electrons. The summed E-state index contributed by atoms with van der Waals surface area (Å²) in [6, 6.07) is 0.950. The Hall–Kier alpha value is -3.28. The van der Waals surface area contributed by atoms with Gasteiger partial charge in [0.2, 0.25) is 0 Å². The van der Waals surface area contributed by atoms with Crippen molar-refractivity contribution in [2.75, 3.05) is 18.5 Å². The molecule has 1 amide bonds. The van der Waals surface area contributed by atoms with Crippen LogP contribution in [0.3, 0.4) is 0 Å². The minimum atomic E-state index is -0.790. The van der Waals surface area contributed by atoms with Gasteiger partial charge in [0.05, 0.1) is 24.8 Å². The van der Waals surface area contributed by atoms with Crippen LogP contribution in [0.15, 0.2) is 6.07 Å². The Kier molecular flexibility index (Phi) is 6.23. The zero-order valence-electron chi connectivity index (χ0n) is 14.7. The fraction of sp³-hybridized carbons (Fsp3) is 0.333. The van der Waals surface area contributed by atoms with E-state index in [0.717, 1.165) is 17.4 Å². The third kappa shape index (κ3) is 4.28. The number of anilines is 1. The number of H-pyrrole nitrogens is 1. The molecule has 0 bridgehead atoms. The average molecular weight is 396 g/mol. The van der Waals surface area contributed by atoms with Gasteiger partial charge < -0.3 is 24.9 Å². The molecule has 2 rings (SSSR count). The van der Waals surface area contributed by atoms with Gasteiger partial charge in [-0.25, -0.2) is 9.59 Å². The lowest BCUT2D eigenvalue weighted by Crippen LogP contribution is -2.15. The Bertz CT molecular complexity index is 902. The van der Waals surface area contributed by atoms with Crippen LogP contribution < -0.4 is 5.32 Å². The predicted molar refractivity (Wildman–Crippen MR) is 94.2 cm³/mol. The number of aromatic amines is 1. The van der Waals surface area contributed by atoms with Gasteiger partial charge in [0, 0.05) is 0 Å². The molecule has 0 saturated carbocycles. The lowest BCUT2D eigenvalue weighted by molar-refractivity contribution is -0.389. The van der Waals surface area contributed by atoms with Crippen molar-refractivity contribution in [1.82, 2.24) is 10.2 Å². The summed E-state index contributed by atoms with van der Waals surface area (Å²) in [4.78, 5) is 46.8. The van der Waals surface area contributed by atoms with Crippen molar-refractivity contribution in [2.24, 2.45) is 0 Å². The minimum Gasteiger partial charge on any atom is -0.462 e. The van der Waals surface area contributed by atoms with Crippen LogP contribution in [0.4, 0.5) is 10.8 Å². The van der Waals surface area contributed by atoms with Gasteiger partial charge in [0.25, 0.3) is 5.91 Å². The Labute approximate surface area is 156 Å². The standard InChI is InChI=1S/C15H16N4O7S/c1-4-25-14(21)10-7(3)11(15(22)26-5-2)27-13(10)16-12(20)8-6-9(18-17-8)19(23)24/h6H,4-5H2,1-3H3,(H,16,20)(H,17,18). The molecular weight excluding hydrogens is 380 g/mol. The van der Waals surface area contributed by atoms with E-state index in [4.69, 9.17) is 9.47 Å². The zero-order chi connectivity index (χ0) is 20.1. The molecule has 2 N–H and O–H groups in total. The SMILES string of the molecule is CCOC(=O)c1sc(NC(=O)c2cc([N+](=O)[O-])[nH]n2)c(C(=O)OCC)c1C. The second-order valence-electron chi connectivity index (χ2n) is 5.05. The van der Waals surface area contributed by atoms with Crippen LogP contribution in [0.25, 0.3) is 0 Å². The molecule has 0 aliphatic rings. The first-order chi connectivity index (χ1) is 12.8. The Morgan fingerprint density at radius 2 is 1.89 bits per heavy atom. The molecule has 0 atom stereocenters. The lowest BCUT2D eigenvalue weighted by atomic mass is 10.1. The summed E-state index contributed by atoms with van der Waals surface area (Å²) >= 11 is 0.845. The molecule has 0 aliphatic carbocycles. The maximum atomic E-state index is 12.3. The van der Waals surface area contributed by atoms with E-state index >= 15 is 0 Å². The van der Waals surface area contributed by atoms with Gasteiger partial charge in [-0.3, -0.25) is 4.79 Å². The fourth-order valence-electron chi connectivity index (χ4n) is 2.13.